The number of carbonyl (C=O) groups is 2. The summed E-state index contributed by atoms with van der Waals surface area (Å²) in [5, 5.41) is 8.55. The highest BCUT2D eigenvalue weighted by molar-refractivity contribution is 5.94. The van der Waals surface area contributed by atoms with Crippen LogP contribution in [0, 0.1) is 11.8 Å². The van der Waals surface area contributed by atoms with Gasteiger partial charge >= 0.3 is 5.97 Å². The molecule has 5 heteroatoms. The molecule has 0 radical (unpaired) electrons. The van der Waals surface area contributed by atoms with Crippen LogP contribution in [-0.4, -0.2) is 47.2 Å². The van der Waals surface area contributed by atoms with Crippen molar-refractivity contribution in [1.82, 2.24) is 4.90 Å². The SMILES string of the molecule is CC1(OCC(=O)O)CN(C(=O)C#Cc2ccccc2)C1. The molecule has 1 amide bonds. The molecular weight excluding hydrogens is 258 g/mol. The summed E-state index contributed by atoms with van der Waals surface area (Å²) in [5.74, 6) is 4.08. The summed E-state index contributed by atoms with van der Waals surface area (Å²) in [4.78, 5) is 23.8. The molecule has 1 N–H and O–H groups in total. The lowest BCUT2D eigenvalue weighted by atomic mass is 9.96. The molecule has 0 atom stereocenters. The standard InChI is InChI=1S/C15H15NO4/c1-15(20-9-14(18)19)10-16(11-15)13(17)8-7-12-5-3-2-4-6-12/h2-6H,9-11H2,1H3,(H,18,19). The zero-order valence-electron chi connectivity index (χ0n) is 11.1. The van der Waals surface area contributed by atoms with Crippen LogP contribution >= 0.6 is 0 Å². The molecule has 1 aromatic rings. The van der Waals surface area contributed by atoms with Gasteiger partial charge in [-0.2, -0.15) is 0 Å². The van der Waals surface area contributed by atoms with Crippen LogP contribution in [0.2, 0.25) is 0 Å². The van der Waals surface area contributed by atoms with Crippen LogP contribution in [0.3, 0.4) is 0 Å². The maximum Gasteiger partial charge on any atom is 0.329 e. The van der Waals surface area contributed by atoms with Gasteiger partial charge in [-0.25, -0.2) is 4.79 Å². The molecule has 1 saturated heterocycles. The Balaban J connectivity index is 1.85. The van der Waals surface area contributed by atoms with Crippen LogP contribution in [-0.2, 0) is 14.3 Å². The molecule has 0 spiro atoms. The van der Waals surface area contributed by atoms with E-state index in [1.807, 2.05) is 30.3 Å². The smallest absolute Gasteiger partial charge is 0.329 e. The second-order valence-electron chi connectivity index (χ2n) is 4.91. The Morgan fingerprint density at radius 2 is 2.00 bits per heavy atom. The molecule has 104 valence electrons. The van der Waals surface area contributed by atoms with Crippen LogP contribution in [0.15, 0.2) is 30.3 Å². The number of likely N-dealkylation sites (tertiary alicyclic amines) is 1. The predicted molar refractivity (Wildman–Crippen MR) is 71.9 cm³/mol. The number of carboxylic acids is 1. The molecule has 0 bridgehead atoms. The summed E-state index contributed by atoms with van der Waals surface area (Å²) in [6.07, 6.45) is 0. The fourth-order valence-corrected chi connectivity index (χ4v) is 1.96. The number of hydrogen-bond acceptors (Lipinski definition) is 3. The molecular formula is C15H15NO4. The number of aliphatic carboxylic acids is 1. The van der Waals surface area contributed by atoms with E-state index >= 15 is 0 Å². The molecule has 1 aromatic carbocycles. The largest absolute Gasteiger partial charge is 0.480 e. The summed E-state index contributed by atoms with van der Waals surface area (Å²) in [7, 11) is 0. The van der Waals surface area contributed by atoms with Gasteiger partial charge in [-0.15, -0.1) is 0 Å². The van der Waals surface area contributed by atoms with Crippen molar-refractivity contribution in [3.8, 4) is 11.8 Å². The topological polar surface area (TPSA) is 66.8 Å². The number of benzene rings is 1. The lowest BCUT2D eigenvalue weighted by Gasteiger charge is -2.46. The van der Waals surface area contributed by atoms with E-state index in [-0.39, 0.29) is 12.5 Å². The second kappa shape index (κ2) is 5.76. The Morgan fingerprint density at radius 3 is 2.60 bits per heavy atom. The van der Waals surface area contributed by atoms with E-state index in [0.717, 1.165) is 5.56 Å². The summed E-state index contributed by atoms with van der Waals surface area (Å²) in [5.41, 5.74) is 0.203. The van der Waals surface area contributed by atoms with Gasteiger partial charge in [0.1, 0.15) is 12.2 Å². The Morgan fingerprint density at radius 1 is 1.35 bits per heavy atom. The molecule has 0 unspecified atom stereocenters. The first-order valence-corrected chi connectivity index (χ1v) is 6.20. The van der Waals surface area contributed by atoms with Crippen molar-refractivity contribution in [2.24, 2.45) is 0 Å². The number of carboxylic acid groups (broad SMARTS) is 1. The van der Waals surface area contributed by atoms with E-state index in [2.05, 4.69) is 11.8 Å². The van der Waals surface area contributed by atoms with E-state index in [1.54, 1.807) is 6.92 Å². The quantitative estimate of drug-likeness (QED) is 0.825. The third-order valence-electron chi connectivity index (χ3n) is 2.97. The second-order valence-corrected chi connectivity index (χ2v) is 4.91. The van der Waals surface area contributed by atoms with Crippen molar-refractivity contribution in [3.63, 3.8) is 0 Å². The maximum absolute atomic E-state index is 11.8. The van der Waals surface area contributed by atoms with Gasteiger partial charge in [-0.05, 0) is 19.1 Å². The average Bonchev–Trinajstić information content (AvgIpc) is 2.40. The predicted octanol–water partition coefficient (Wildman–Crippen LogP) is 0.740. The Kier molecular flexibility index (Phi) is 4.06. The number of amides is 1. The number of ether oxygens (including phenoxy) is 1. The fraction of sp³-hybridized carbons (Fsp3) is 0.333. The van der Waals surface area contributed by atoms with E-state index in [0.29, 0.717) is 13.1 Å². The minimum atomic E-state index is -1.01. The lowest BCUT2D eigenvalue weighted by molar-refractivity contribution is -0.170. The van der Waals surface area contributed by atoms with Crippen LogP contribution in [0.1, 0.15) is 12.5 Å². The lowest BCUT2D eigenvalue weighted by Crippen LogP contribution is -2.63. The first-order valence-electron chi connectivity index (χ1n) is 6.20. The minimum absolute atomic E-state index is 0.273. The van der Waals surface area contributed by atoms with Crippen LogP contribution in [0.4, 0.5) is 0 Å². The molecule has 1 fully saturated rings. The monoisotopic (exact) mass is 273 g/mol. The number of nitrogens with zero attached hydrogens (tertiary/aromatic N) is 1. The van der Waals surface area contributed by atoms with Crippen molar-refractivity contribution in [2.45, 2.75) is 12.5 Å². The molecule has 1 aliphatic heterocycles. The summed E-state index contributed by atoms with van der Waals surface area (Å²) < 4.78 is 5.23. The van der Waals surface area contributed by atoms with Crippen LogP contribution in [0.5, 0.6) is 0 Å². The minimum Gasteiger partial charge on any atom is -0.480 e. The normalized spacial score (nSPS) is 15.8. The van der Waals surface area contributed by atoms with E-state index in [4.69, 9.17) is 9.84 Å². The van der Waals surface area contributed by atoms with Crippen molar-refractivity contribution in [3.05, 3.63) is 35.9 Å². The van der Waals surface area contributed by atoms with Crippen molar-refractivity contribution in [2.75, 3.05) is 19.7 Å². The average molecular weight is 273 g/mol. The first-order chi connectivity index (χ1) is 9.48. The van der Waals surface area contributed by atoms with Crippen LogP contribution < -0.4 is 0 Å². The van der Waals surface area contributed by atoms with Gasteiger partial charge in [0.2, 0.25) is 0 Å². The van der Waals surface area contributed by atoms with Gasteiger partial charge in [0.25, 0.3) is 5.91 Å². The molecule has 0 aliphatic carbocycles. The highest BCUT2D eigenvalue weighted by Crippen LogP contribution is 2.24. The highest BCUT2D eigenvalue weighted by atomic mass is 16.5. The molecule has 2 rings (SSSR count). The molecule has 0 saturated carbocycles. The van der Waals surface area contributed by atoms with Crippen molar-refractivity contribution >= 4 is 11.9 Å². The van der Waals surface area contributed by atoms with Crippen molar-refractivity contribution in [1.29, 1.82) is 0 Å². The van der Waals surface area contributed by atoms with Gasteiger partial charge in [-0.3, -0.25) is 4.79 Å². The number of hydrogen-bond donors (Lipinski definition) is 1. The molecule has 0 aromatic heterocycles. The Labute approximate surface area is 117 Å². The Hall–Kier alpha value is -2.32. The zero-order chi connectivity index (χ0) is 14.6. The Bertz CT molecular complexity index is 565. The van der Waals surface area contributed by atoms with Gasteiger partial charge in [0, 0.05) is 11.5 Å². The third kappa shape index (κ3) is 3.59. The van der Waals surface area contributed by atoms with Crippen molar-refractivity contribution < 1.29 is 19.4 Å². The molecule has 1 heterocycles. The summed E-state index contributed by atoms with van der Waals surface area (Å²) >= 11 is 0. The van der Waals surface area contributed by atoms with Gasteiger partial charge in [-0.1, -0.05) is 24.1 Å². The molecule has 5 nitrogen and oxygen atoms in total. The van der Waals surface area contributed by atoms with E-state index in [9.17, 15) is 9.59 Å². The maximum atomic E-state index is 11.8. The van der Waals surface area contributed by atoms with Gasteiger partial charge in [0.15, 0.2) is 0 Å². The molecule has 1 aliphatic rings. The fourth-order valence-electron chi connectivity index (χ4n) is 1.96. The summed E-state index contributed by atoms with van der Waals surface area (Å²) in [6, 6.07) is 9.25. The van der Waals surface area contributed by atoms with E-state index < -0.39 is 11.6 Å². The third-order valence-corrected chi connectivity index (χ3v) is 2.97. The zero-order valence-corrected chi connectivity index (χ0v) is 11.1. The van der Waals surface area contributed by atoms with Gasteiger partial charge < -0.3 is 14.7 Å². The first kappa shape index (κ1) is 14.1. The van der Waals surface area contributed by atoms with Gasteiger partial charge in [0.05, 0.1) is 13.1 Å². The number of rotatable bonds is 3. The number of carbonyl (C=O) groups excluding carboxylic acids is 1. The molecule has 20 heavy (non-hydrogen) atoms. The van der Waals surface area contributed by atoms with Crippen LogP contribution in [0.25, 0.3) is 0 Å². The highest BCUT2D eigenvalue weighted by Gasteiger charge is 2.42. The summed E-state index contributed by atoms with van der Waals surface area (Å²) in [6.45, 7) is 2.16. The van der Waals surface area contributed by atoms with E-state index in [1.165, 1.54) is 4.90 Å².